The number of rotatable bonds is 3. The van der Waals surface area contributed by atoms with Gasteiger partial charge in [0.05, 0.1) is 29.6 Å². The number of hydrogen-bond acceptors (Lipinski definition) is 6. The van der Waals surface area contributed by atoms with Gasteiger partial charge in [0.1, 0.15) is 22.9 Å². The van der Waals surface area contributed by atoms with Crippen molar-refractivity contribution in [3.05, 3.63) is 35.9 Å². The second-order valence-corrected chi connectivity index (χ2v) is 5.65. The van der Waals surface area contributed by atoms with Gasteiger partial charge < -0.3 is 30.3 Å². The maximum Gasteiger partial charge on any atom is 0.260 e. The Morgan fingerprint density at radius 1 is 1.17 bits per heavy atom. The number of carbonyl (C=O) groups is 1. The van der Waals surface area contributed by atoms with E-state index in [2.05, 4.69) is 5.32 Å². The molecule has 7 heteroatoms. The molecule has 2 aromatic rings. The van der Waals surface area contributed by atoms with Crippen LogP contribution in [0.15, 0.2) is 30.3 Å². The van der Waals surface area contributed by atoms with Crippen LogP contribution in [0.5, 0.6) is 17.2 Å². The highest BCUT2D eigenvalue weighted by molar-refractivity contribution is 6.15. The normalized spacial score (nSPS) is 14.4. The van der Waals surface area contributed by atoms with Crippen LogP contribution in [-0.4, -0.2) is 41.0 Å². The van der Waals surface area contributed by atoms with Crippen LogP contribution in [0.3, 0.4) is 0 Å². The van der Waals surface area contributed by atoms with E-state index in [9.17, 15) is 20.1 Å². The quantitative estimate of drug-likeness (QED) is 0.509. The van der Waals surface area contributed by atoms with Crippen LogP contribution < -0.4 is 10.2 Å². The van der Waals surface area contributed by atoms with Crippen LogP contribution in [0, 0.1) is 0 Å². The first-order valence-electron chi connectivity index (χ1n) is 7.42. The Hall–Kier alpha value is -2.93. The van der Waals surface area contributed by atoms with E-state index in [1.54, 1.807) is 19.1 Å². The van der Waals surface area contributed by atoms with Crippen molar-refractivity contribution in [1.29, 1.82) is 0 Å². The van der Waals surface area contributed by atoms with E-state index in [0.29, 0.717) is 5.69 Å². The number of hydrogen-bond donors (Lipinski definition) is 4. The summed E-state index contributed by atoms with van der Waals surface area (Å²) in [6.07, 6.45) is -0.273. The number of methoxy groups -OCH3 is 1. The number of amides is 1. The summed E-state index contributed by atoms with van der Waals surface area (Å²) >= 11 is 0. The maximum absolute atomic E-state index is 13.0. The number of fused-ring (bicyclic) bond motifs is 2. The molecular weight excluding hydrogens is 312 g/mol. The summed E-state index contributed by atoms with van der Waals surface area (Å²) in [5.74, 6) is -0.892. The lowest BCUT2D eigenvalue weighted by Crippen LogP contribution is -2.37. The Balaban J connectivity index is 2.24. The Morgan fingerprint density at radius 3 is 2.62 bits per heavy atom. The van der Waals surface area contributed by atoms with E-state index < -0.39 is 0 Å². The molecule has 0 spiro atoms. The number of ether oxygens (including phenoxy) is 1. The molecule has 0 fully saturated rings. The first-order chi connectivity index (χ1) is 11.4. The molecule has 1 atom stereocenters. The van der Waals surface area contributed by atoms with E-state index in [1.165, 1.54) is 30.2 Å². The van der Waals surface area contributed by atoms with Gasteiger partial charge in [-0.3, -0.25) is 4.79 Å². The Kier molecular flexibility index (Phi) is 3.94. The van der Waals surface area contributed by atoms with Crippen molar-refractivity contribution < 1.29 is 24.9 Å². The highest BCUT2D eigenvalue weighted by Gasteiger charge is 2.31. The summed E-state index contributed by atoms with van der Waals surface area (Å²) in [5.41, 5.74) is 0.993. The molecule has 7 nitrogen and oxygen atoms in total. The minimum atomic E-state index is -0.374. The molecule has 0 radical (unpaired) electrons. The third-order valence-electron chi connectivity index (χ3n) is 3.98. The molecule has 4 N–H and O–H groups in total. The average Bonchev–Trinajstić information content (AvgIpc) is 2.65. The number of phenols is 3. The zero-order valence-corrected chi connectivity index (χ0v) is 13.3. The number of nitrogens with one attached hydrogen (secondary N) is 1. The number of para-hydroxylation sites is 1. The fourth-order valence-electron chi connectivity index (χ4n) is 2.68. The van der Waals surface area contributed by atoms with Gasteiger partial charge in [-0.2, -0.15) is 0 Å². The van der Waals surface area contributed by atoms with E-state index in [1.807, 2.05) is 0 Å². The minimum absolute atomic E-state index is 0.110. The molecule has 1 unspecified atom stereocenters. The maximum atomic E-state index is 13.0. The van der Waals surface area contributed by atoms with Crippen molar-refractivity contribution in [1.82, 2.24) is 0 Å². The molecule has 0 bridgehead atoms. The van der Waals surface area contributed by atoms with Crippen LogP contribution >= 0.6 is 0 Å². The molecule has 1 amide bonds. The van der Waals surface area contributed by atoms with Gasteiger partial charge in [-0.15, -0.1) is 0 Å². The first-order valence-corrected chi connectivity index (χ1v) is 7.42. The molecule has 0 saturated heterocycles. The smallest absolute Gasteiger partial charge is 0.260 e. The second-order valence-electron chi connectivity index (χ2n) is 5.65. The summed E-state index contributed by atoms with van der Waals surface area (Å²) in [6.45, 7) is 2.01. The van der Waals surface area contributed by atoms with Crippen molar-refractivity contribution in [2.45, 2.75) is 13.0 Å². The van der Waals surface area contributed by atoms with Gasteiger partial charge in [-0.25, -0.2) is 0 Å². The van der Waals surface area contributed by atoms with Gasteiger partial charge in [-0.05, 0) is 19.1 Å². The largest absolute Gasteiger partial charge is 0.508 e. The van der Waals surface area contributed by atoms with Gasteiger partial charge in [0, 0.05) is 19.2 Å². The van der Waals surface area contributed by atoms with Gasteiger partial charge in [0.15, 0.2) is 0 Å². The Bertz CT molecular complexity index is 806. The van der Waals surface area contributed by atoms with Gasteiger partial charge in [0.2, 0.25) is 0 Å². The fraction of sp³-hybridized carbons (Fsp3) is 0.235. The van der Waals surface area contributed by atoms with Crippen molar-refractivity contribution in [3.63, 3.8) is 0 Å². The molecule has 1 aliphatic heterocycles. The summed E-state index contributed by atoms with van der Waals surface area (Å²) in [6, 6.07) is 7.14. The minimum Gasteiger partial charge on any atom is -0.508 e. The molecule has 0 aliphatic carbocycles. The fourth-order valence-corrected chi connectivity index (χ4v) is 2.68. The summed E-state index contributed by atoms with van der Waals surface area (Å²) in [4.78, 5) is 14.4. The van der Waals surface area contributed by atoms with E-state index in [-0.39, 0.29) is 52.7 Å². The molecular formula is C17H18N2O5. The Morgan fingerprint density at radius 2 is 1.92 bits per heavy atom. The van der Waals surface area contributed by atoms with Crippen molar-refractivity contribution in [3.8, 4) is 17.2 Å². The van der Waals surface area contributed by atoms with Crippen LogP contribution in [0.1, 0.15) is 17.3 Å². The van der Waals surface area contributed by atoms with Crippen molar-refractivity contribution >= 4 is 23.0 Å². The van der Waals surface area contributed by atoms with Crippen molar-refractivity contribution in [2.24, 2.45) is 0 Å². The predicted molar refractivity (Wildman–Crippen MR) is 89.3 cm³/mol. The SMILES string of the molecule is COC(C)CN1C(=O)c2cccc(O)c2Nc2c(O)cc(O)cc21. The molecule has 2 aromatic carbocycles. The van der Waals surface area contributed by atoms with Crippen LogP contribution in [-0.2, 0) is 4.74 Å². The first kappa shape index (κ1) is 15.9. The summed E-state index contributed by atoms with van der Waals surface area (Å²) in [7, 11) is 1.53. The van der Waals surface area contributed by atoms with Crippen LogP contribution in [0.4, 0.5) is 17.1 Å². The van der Waals surface area contributed by atoms with Gasteiger partial charge in [-0.1, -0.05) is 6.07 Å². The zero-order valence-electron chi connectivity index (χ0n) is 13.3. The Labute approximate surface area is 138 Å². The third kappa shape index (κ3) is 2.59. The van der Waals surface area contributed by atoms with E-state index >= 15 is 0 Å². The molecule has 3 rings (SSSR count). The second kappa shape index (κ2) is 5.93. The lowest BCUT2D eigenvalue weighted by Gasteiger charge is -2.25. The average molecular weight is 330 g/mol. The van der Waals surface area contributed by atoms with Crippen LogP contribution in [0.25, 0.3) is 0 Å². The van der Waals surface area contributed by atoms with Crippen LogP contribution in [0.2, 0.25) is 0 Å². The standard InChI is InChI=1S/C17H18N2O5/c1-9(24-2)8-19-12-6-10(20)7-14(22)16(12)18-15-11(17(19)23)4-3-5-13(15)21/h3-7,9,18,20-22H,8H2,1-2H3. The number of aromatic hydroxyl groups is 3. The lowest BCUT2D eigenvalue weighted by molar-refractivity contribution is 0.0930. The highest BCUT2D eigenvalue weighted by Crippen LogP contribution is 2.45. The molecule has 126 valence electrons. The van der Waals surface area contributed by atoms with Gasteiger partial charge in [0.25, 0.3) is 5.91 Å². The molecule has 1 heterocycles. The summed E-state index contributed by atoms with van der Waals surface area (Å²) < 4.78 is 5.24. The molecule has 0 saturated carbocycles. The number of nitrogens with zero attached hydrogens (tertiary/aromatic N) is 1. The van der Waals surface area contributed by atoms with Gasteiger partial charge >= 0.3 is 0 Å². The van der Waals surface area contributed by atoms with Crippen molar-refractivity contribution in [2.75, 3.05) is 23.9 Å². The number of anilines is 3. The highest BCUT2D eigenvalue weighted by atomic mass is 16.5. The number of carbonyl (C=O) groups excluding carboxylic acids is 1. The molecule has 0 aromatic heterocycles. The molecule has 24 heavy (non-hydrogen) atoms. The topological polar surface area (TPSA) is 102 Å². The van der Waals surface area contributed by atoms with E-state index in [0.717, 1.165) is 0 Å². The van der Waals surface area contributed by atoms with E-state index in [4.69, 9.17) is 4.74 Å². The summed E-state index contributed by atoms with van der Waals surface area (Å²) in [5, 5.41) is 33.0. The molecule has 1 aliphatic rings. The lowest BCUT2D eigenvalue weighted by atomic mass is 10.1. The number of phenolic OH excluding ortho intramolecular Hbond substituents is 3. The third-order valence-corrected chi connectivity index (χ3v) is 3.98. The zero-order chi connectivity index (χ0) is 17.4. The monoisotopic (exact) mass is 330 g/mol. The predicted octanol–water partition coefficient (Wildman–Crippen LogP) is 2.54. The number of benzene rings is 2.